The van der Waals surface area contributed by atoms with Gasteiger partial charge in [-0.3, -0.25) is 4.79 Å². The van der Waals surface area contributed by atoms with Gasteiger partial charge in [0.1, 0.15) is 5.82 Å². The van der Waals surface area contributed by atoms with E-state index in [2.05, 4.69) is 29.5 Å². The van der Waals surface area contributed by atoms with Crippen LogP contribution >= 0.6 is 0 Å². The lowest BCUT2D eigenvalue weighted by atomic mass is 9.94. The van der Waals surface area contributed by atoms with E-state index in [-0.39, 0.29) is 0 Å². The van der Waals surface area contributed by atoms with Crippen molar-refractivity contribution in [2.45, 2.75) is 45.6 Å². The molecule has 2 rings (SSSR count). The van der Waals surface area contributed by atoms with Crippen molar-refractivity contribution in [3.63, 3.8) is 0 Å². The van der Waals surface area contributed by atoms with Gasteiger partial charge in [-0.1, -0.05) is 13.8 Å². The molecular formula is C15H24N4O. The second-order valence-corrected chi connectivity index (χ2v) is 5.60. The van der Waals surface area contributed by atoms with Crippen molar-refractivity contribution in [2.75, 3.05) is 18.4 Å². The largest absolute Gasteiger partial charge is 0.368 e. The first-order chi connectivity index (χ1) is 9.58. The lowest BCUT2D eigenvalue weighted by Gasteiger charge is -2.18. The monoisotopic (exact) mass is 276 g/mol. The molecule has 0 saturated heterocycles. The van der Waals surface area contributed by atoms with Crippen molar-refractivity contribution in [3.8, 4) is 0 Å². The van der Waals surface area contributed by atoms with Gasteiger partial charge in [-0.15, -0.1) is 0 Å². The number of nitrogens with two attached hydrogens (primary N) is 1. The van der Waals surface area contributed by atoms with Crippen LogP contribution < -0.4 is 16.4 Å². The molecule has 5 heteroatoms. The summed E-state index contributed by atoms with van der Waals surface area (Å²) in [5.41, 5.74) is 8.26. The van der Waals surface area contributed by atoms with Crippen LogP contribution in [0, 0.1) is 0 Å². The van der Waals surface area contributed by atoms with Crippen molar-refractivity contribution in [1.82, 2.24) is 10.3 Å². The molecule has 0 radical (unpaired) electrons. The number of fused-ring (bicyclic) bond motifs is 1. The highest BCUT2D eigenvalue weighted by Crippen LogP contribution is 2.24. The summed E-state index contributed by atoms with van der Waals surface area (Å²) in [6.45, 7) is 5.76. The molecule has 0 saturated carbocycles. The van der Waals surface area contributed by atoms with E-state index in [0.717, 1.165) is 38.0 Å². The fourth-order valence-electron chi connectivity index (χ4n) is 2.50. The van der Waals surface area contributed by atoms with Gasteiger partial charge in [-0.2, -0.15) is 0 Å². The summed E-state index contributed by atoms with van der Waals surface area (Å²) in [5, 5.41) is 6.55. The second kappa shape index (κ2) is 6.70. The summed E-state index contributed by atoms with van der Waals surface area (Å²) in [6.07, 6.45) is 4.33. The van der Waals surface area contributed by atoms with Crippen LogP contribution in [0.2, 0.25) is 0 Å². The van der Waals surface area contributed by atoms with Crippen LogP contribution in [-0.2, 0) is 12.8 Å². The standard InChI is InChI=1S/C15H24N4O/c1-10(2)17-7-8-18-15-12(14(16)20)9-11-5-3-4-6-13(11)19-15/h9-10,17H,3-8H2,1-2H3,(H2,16,20)(H,18,19). The van der Waals surface area contributed by atoms with Gasteiger partial charge < -0.3 is 16.4 Å². The van der Waals surface area contributed by atoms with Crippen LogP contribution in [0.4, 0.5) is 5.82 Å². The summed E-state index contributed by atoms with van der Waals surface area (Å²) in [6, 6.07) is 2.37. The Morgan fingerprint density at radius 3 is 2.80 bits per heavy atom. The molecule has 1 heterocycles. The van der Waals surface area contributed by atoms with Gasteiger partial charge >= 0.3 is 0 Å². The van der Waals surface area contributed by atoms with Gasteiger partial charge in [-0.05, 0) is 37.3 Å². The van der Waals surface area contributed by atoms with E-state index in [0.29, 0.717) is 17.4 Å². The number of aryl methyl sites for hydroxylation is 2. The van der Waals surface area contributed by atoms with Crippen LogP contribution in [0.5, 0.6) is 0 Å². The molecule has 110 valence electrons. The molecule has 1 amide bonds. The molecular weight excluding hydrogens is 252 g/mol. The van der Waals surface area contributed by atoms with Gasteiger partial charge in [-0.25, -0.2) is 4.98 Å². The van der Waals surface area contributed by atoms with Crippen LogP contribution in [0.3, 0.4) is 0 Å². The van der Waals surface area contributed by atoms with Crippen LogP contribution in [0.15, 0.2) is 6.07 Å². The lowest BCUT2D eigenvalue weighted by Crippen LogP contribution is -2.29. The molecule has 4 N–H and O–H groups in total. The van der Waals surface area contributed by atoms with Gasteiger partial charge in [0.2, 0.25) is 0 Å². The second-order valence-electron chi connectivity index (χ2n) is 5.60. The molecule has 0 unspecified atom stereocenters. The highest BCUT2D eigenvalue weighted by Gasteiger charge is 2.17. The molecule has 1 aromatic rings. The summed E-state index contributed by atoms with van der Waals surface area (Å²) >= 11 is 0. The van der Waals surface area contributed by atoms with Crippen molar-refractivity contribution in [1.29, 1.82) is 0 Å². The minimum Gasteiger partial charge on any atom is -0.368 e. The minimum atomic E-state index is -0.412. The van der Waals surface area contributed by atoms with E-state index in [9.17, 15) is 4.79 Å². The molecule has 0 aromatic carbocycles. The maximum atomic E-state index is 11.6. The van der Waals surface area contributed by atoms with Crippen LogP contribution in [-0.4, -0.2) is 30.0 Å². The SMILES string of the molecule is CC(C)NCCNc1nc2c(cc1C(N)=O)CCCC2. The molecule has 20 heavy (non-hydrogen) atoms. The molecule has 1 aliphatic rings. The Kier molecular flexibility index (Phi) is 4.95. The Bertz CT molecular complexity index is 485. The van der Waals surface area contributed by atoms with E-state index in [1.54, 1.807) is 0 Å². The van der Waals surface area contributed by atoms with Crippen LogP contribution in [0.1, 0.15) is 48.3 Å². The average Bonchev–Trinajstić information content (AvgIpc) is 2.42. The smallest absolute Gasteiger partial charge is 0.252 e. The Morgan fingerprint density at radius 2 is 2.10 bits per heavy atom. The van der Waals surface area contributed by atoms with Gasteiger partial charge in [0.25, 0.3) is 5.91 Å². The van der Waals surface area contributed by atoms with Crippen molar-refractivity contribution in [3.05, 3.63) is 22.9 Å². The molecule has 0 spiro atoms. The minimum absolute atomic E-state index is 0.412. The maximum absolute atomic E-state index is 11.6. The Hall–Kier alpha value is -1.62. The van der Waals surface area contributed by atoms with Gasteiger partial charge in [0, 0.05) is 24.8 Å². The summed E-state index contributed by atoms with van der Waals surface area (Å²) in [4.78, 5) is 16.2. The van der Waals surface area contributed by atoms with Crippen molar-refractivity contribution < 1.29 is 4.79 Å². The van der Waals surface area contributed by atoms with Gasteiger partial charge in [0.05, 0.1) is 5.56 Å². The number of rotatable bonds is 6. The molecule has 0 atom stereocenters. The van der Waals surface area contributed by atoms with E-state index in [4.69, 9.17) is 5.73 Å². The third-order valence-electron chi connectivity index (χ3n) is 3.54. The highest BCUT2D eigenvalue weighted by molar-refractivity contribution is 5.97. The van der Waals surface area contributed by atoms with Crippen LogP contribution in [0.25, 0.3) is 0 Å². The third-order valence-corrected chi connectivity index (χ3v) is 3.54. The van der Waals surface area contributed by atoms with E-state index in [1.165, 1.54) is 12.0 Å². The normalized spacial score (nSPS) is 14.2. The number of aromatic nitrogens is 1. The zero-order valence-electron chi connectivity index (χ0n) is 12.3. The number of anilines is 1. The molecule has 1 aliphatic carbocycles. The average molecular weight is 276 g/mol. The molecule has 0 aliphatic heterocycles. The fraction of sp³-hybridized carbons (Fsp3) is 0.600. The maximum Gasteiger partial charge on any atom is 0.252 e. The first-order valence-corrected chi connectivity index (χ1v) is 7.37. The van der Waals surface area contributed by atoms with E-state index >= 15 is 0 Å². The topological polar surface area (TPSA) is 80.0 Å². The predicted octanol–water partition coefficient (Wildman–Crippen LogP) is 1.47. The predicted molar refractivity (Wildman–Crippen MR) is 81.0 cm³/mol. The number of amides is 1. The number of primary amides is 1. The molecule has 0 fully saturated rings. The number of pyridine rings is 1. The fourth-order valence-corrected chi connectivity index (χ4v) is 2.50. The van der Waals surface area contributed by atoms with E-state index < -0.39 is 5.91 Å². The summed E-state index contributed by atoms with van der Waals surface area (Å²) < 4.78 is 0. The van der Waals surface area contributed by atoms with Crippen molar-refractivity contribution >= 4 is 11.7 Å². The number of hydrogen-bond acceptors (Lipinski definition) is 4. The Morgan fingerprint density at radius 1 is 1.35 bits per heavy atom. The molecule has 0 bridgehead atoms. The third kappa shape index (κ3) is 3.70. The number of carbonyl (C=O) groups is 1. The number of nitrogens with zero attached hydrogens (tertiary/aromatic N) is 1. The first-order valence-electron chi connectivity index (χ1n) is 7.37. The summed E-state index contributed by atoms with van der Waals surface area (Å²) in [7, 11) is 0. The zero-order valence-corrected chi connectivity index (χ0v) is 12.3. The molecule has 1 aromatic heterocycles. The van der Waals surface area contributed by atoms with Gasteiger partial charge in [0.15, 0.2) is 0 Å². The van der Waals surface area contributed by atoms with Crippen molar-refractivity contribution in [2.24, 2.45) is 5.73 Å². The summed E-state index contributed by atoms with van der Waals surface area (Å²) in [5.74, 6) is 0.217. The zero-order chi connectivity index (χ0) is 14.5. The Balaban J connectivity index is 2.11. The quantitative estimate of drug-likeness (QED) is 0.687. The first kappa shape index (κ1) is 14.8. The highest BCUT2D eigenvalue weighted by atomic mass is 16.1. The number of hydrogen-bond donors (Lipinski definition) is 3. The number of nitrogens with one attached hydrogen (secondary N) is 2. The number of carbonyl (C=O) groups excluding carboxylic acids is 1. The van der Waals surface area contributed by atoms with E-state index in [1.807, 2.05) is 6.07 Å². The molecule has 5 nitrogen and oxygen atoms in total. The lowest BCUT2D eigenvalue weighted by molar-refractivity contribution is 0.100. The Labute approximate surface area is 120 Å².